The summed E-state index contributed by atoms with van der Waals surface area (Å²) in [5.74, 6) is 1.12. The van der Waals surface area contributed by atoms with E-state index in [9.17, 15) is 8.42 Å². The Morgan fingerprint density at radius 1 is 1.53 bits per heavy atom. The fourth-order valence-corrected chi connectivity index (χ4v) is 3.67. The third-order valence-electron chi connectivity index (χ3n) is 3.16. The summed E-state index contributed by atoms with van der Waals surface area (Å²) in [4.78, 5) is 5.29. The number of nitrogens with zero attached hydrogens (tertiary/aromatic N) is 3. The SMILES string of the molecule is CS(=O)(=O)N1CCC(c2noc(-c3cccs3)n2)C1. The highest BCUT2D eigenvalue weighted by Gasteiger charge is 2.32. The third kappa shape index (κ3) is 2.56. The molecule has 0 radical (unpaired) electrons. The Balaban J connectivity index is 1.78. The van der Waals surface area contributed by atoms with Crippen LogP contribution in [0.3, 0.4) is 0 Å². The van der Waals surface area contributed by atoms with Gasteiger partial charge in [-0.1, -0.05) is 11.2 Å². The summed E-state index contributed by atoms with van der Waals surface area (Å²) in [6.45, 7) is 0.953. The van der Waals surface area contributed by atoms with Gasteiger partial charge in [-0.3, -0.25) is 0 Å². The summed E-state index contributed by atoms with van der Waals surface area (Å²) in [6.07, 6.45) is 1.96. The lowest BCUT2D eigenvalue weighted by Crippen LogP contribution is -2.27. The van der Waals surface area contributed by atoms with Gasteiger partial charge in [0.25, 0.3) is 5.89 Å². The minimum absolute atomic E-state index is 0.0205. The quantitative estimate of drug-likeness (QED) is 0.859. The zero-order chi connectivity index (χ0) is 13.5. The van der Waals surface area contributed by atoms with Crippen molar-refractivity contribution in [2.45, 2.75) is 12.3 Å². The second-order valence-electron chi connectivity index (χ2n) is 4.54. The Bertz CT molecular complexity index is 663. The van der Waals surface area contributed by atoms with Gasteiger partial charge in [0.15, 0.2) is 5.82 Å². The van der Waals surface area contributed by atoms with Gasteiger partial charge in [0.2, 0.25) is 10.0 Å². The molecule has 1 fully saturated rings. The van der Waals surface area contributed by atoms with E-state index in [0.29, 0.717) is 24.8 Å². The van der Waals surface area contributed by atoms with Gasteiger partial charge in [-0.15, -0.1) is 11.3 Å². The molecule has 1 saturated heterocycles. The van der Waals surface area contributed by atoms with E-state index >= 15 is 0 Å². The maximum atomic E-state index is 11.5. The van der Waals surface area contributed by atoms with Crippen molar-refractivity contribution in [3.8, 4) is 10.8 Å². The molecule has 2 aromatic heterocycles. The van der Waals surface area contributed by atoms with E-state index < -0.39 is 10.0 Å². The smallest absolute Gasteiger partial charge is 0.267 e. The van der Waals surface area contributed by atoms with Crippen molar-refractivity contribution in [1.82, 2.24) is 14.4 Å². The fraction of sp³-hybridized carbons (Fsp3) is 0.455. The highest BCUT2D eigenvalue weighted by Crippen LogP contribution is 2.29. The number of sulfonamides is 1. The highest BCUT2D eigenvalue weighted by atomic mass is 32.2. The molecule has 0 N–H and O–H groups in total. The molecule has 1 atom stereocenters. The van der Waals surface area contributed by atoms with Gasteiger partial charge in [0, 0.05) is 19.0 Å². The molecule has 0 aliphatic carbocycles. The van der Waals surface area contributed by atoms with Crippen LogP contribution < -0.4 is 0 Å². The first-order chi connectivity index (χ1) is 9.04. The van der Waals surface area contributed by atoms with Gasteiger partial charge >= 0.3 is 0 Å². The number of hydrogen-bond donors (Lipinski definition) is 0. The van der Waals surface area contributed by atoms with Crippen LogP contribution in [0.1, 0.15) is 18.2 Å². The van der Waals surface area contributed by atoms with Gasteiger partial charge < -0.3 is 4.52 Å². The van der Waals surface area contributed by atoms with Crippen molar-refractivity contribution in [3.63, 3.8) is 0 Å². The van der Waals surface area contributed by atoms with Crippen molar-refractivity contribution in [3.05, 3.63) is 23.3 Å². The van der Waals surface area contributed by atoms with Gasteiger partial charge in [-0.2, -0.15) is 4.98 Å². The second-order valence-corrected chi connectivity index (χ2v) is 7.47. The lowest BCUT2D eigenvalue weighted by Gasteiger charge is -2.11. The molecule has 1 aliphatic rings. The fourth-order valence-electron chi connectivity index (χ4n) is 2.14. The first-order valence-electron chi connectivity index (χ1n) is 5.86. The van der Waals surface area contributed by atoms with Crippen molar-refractivity contribution in [2.75, 3.05) is 19.3 Å². The second kappa shape index (κ2) is 4.69. The van der Waals surface area contributed by atoms with Crippen LogP contribution in [0, 0.1) is 0 Å². The van der Waals surface area contributed by atoms with Crippen LogP contribution in [0.2, 0.25) is 0 Å². The highest BCUT2D eigenvalue weighted by molar-refractivity contribution is 7.88. The zero-order valence-corrected chi connectivity index (χ0v) is 11.9. The predicted molar refractivity (Wildman–Crippen MR) is 71.4 cm³/mol. The van der Waals surface area contributed by atoms with Gasteiger partial charge in [-0.25, -0.2) is 12.7 Å². The molecule has 1 aliphatic heterocycles. The zero-order valence-electron chi connectivity index (χ0n) is 10.3. The van der Waals surface area contributed by atoms with Gasteiger partial charge in [-0.05, 0) is 17.9 Å². The molecule has 0 amide bonds. The largest absolute Gasteiger partial charge is 0.333 e. The molecule has 0 spiro atoms. The first kappa shape index (κ1) is 12.8. The average Bonchev–Trinajstić information content (AvgIpc) is 3.10. The Labute approximate surface area is 115 Å². The van der Waals surface area contributed by atoms with Crippen LogP contribution >= 0.6 is 11.3 Å². The third-order valence-corrected chi connectivity index (χ3v) is 5.29. The van der Waals surface area contributed by atoms with Crippen LogP contribution in [0.5, 0.6) is 0 Å². The Morgan fingerprint density at radius 3 is 3.00 bits per heavy atom. The monoisotopic (exact) mass is 299 g/mol. The molecule has 8 heteroatoms. The van der Waals surface area contributed by atoms with Crippen molar-refractivity contribution < 1.29 is 12.9 Å². The van der Waals surface area contributed by atoms with E-state index in [4.69, 9.17) is 4.52 Å². The molecule has 3 rings (SSSR count). The number of hydrogen-bond acceptors (Lipinski definition) is 6. The number of aromatic nitrogens is 2. The predicted octanol–water partition coefficient (Wildman–Crippen LogP) is 1.55. The summed E-state index contributed by atoms with van der Waals surface area (Å²) in [5.41, 5.74) is 0. The van der Waals surface area contributed by atoms with Crippen molar-refractivity contribution >= 4 is 21.4 Å². The maximum absolute atomic E-state index is 11.5. The molecule has 102 valence electrons. The van der Waals surface area contributed by atoms with Gasteiger partial charge in [0.1, 0.15) is 0 Å². The molecular formula is C11H13N3O3S2. The topological polar surface area (TPSA) is 76.3 Å². The summed E-state index contributed by atoms with van der Waals surface area (Å²) in [5, 5.41) is 5.91. The molecule has 0 aromatic carbocycles. The van der Waals surface area contributed by atoms with Crippen molar-refractivity contribution in [2.24, 2.45) is 0 Å². The molecule has 3 heterocycles. The standard InChI is InChI=1S/C11H13N3O3S2/c1-19(15,16)14-5-4-8(7-14)10-12-11(17-13-10)9-3-2-6-18-9/h2-3,6,8H,4-5,7H2,1H3. The molecule has 2 aromatic rings. The minimum atomic E-state index is -3.13. The van der Waals surface area contributed by atoms with Crippen molar-refractivity contribution in [1.29, 1.82) is 0 Å². The van der Waals surface area contributed by atoms with Crippen LogP contribution in [0.25, 0.3) is 10.8 Å². The summed E-state index contributed by atoms with van der Waals surface area (Å²) >= 11 is 1.53. The molecule has 0 saturated carbocycles. The molecule has 1 unspecified atom stereocenters. The van der Waals surface area contributed by atoms with Crippen LogP contribution in [-0.2, 0) is 10.0 Å². The Morgan fingerprint density at radius 2 is 2.37 bits per heavy atom. The van der Waals surface area contributed by atoms with Gasteiger partial charge in [0.05, 0.1) is 11.1 Å². The van der Waals surface area contributed by atoms with E-state index in [0.717, 1.165) is 11.3 Å². The van der Waals surface area contributed by atoms with E-state index in [2.05, 4.69) is 10.1 Å². The number of thiophene rings is 1. The van der Waals surface area contributed by atoms with Crippen LogP contribution in [-0.4, -0.2) is 42.2 Å². The molecule has 6 nitrogen and oxygen atoms in total. The maximum Gasteiger partial charge on any atom is 0.267 e. The number of rotatable bonds is 3. The van der Waals surface area contributed by atoms with E-state index in [1.165, 1.54) is 21.9 Å². The average molecular weight is 299 g/mol. The molecule has 19 heavy (non-hydrogen) atoms. The minimum Gasteiger partial charge on any atom is -0.333 e. The summed E-state index contributed by atoms with van der Waals surface area (Å²) in [7, 11) is -3.13. The van der Waals surface area contributed by atoms with E-state index in [1.807, 2.05) is 17.5 Å². The summed E-state index contributed by atoms with van der Waals surface area (Å²) in [6, 6.07) is 3.84. The molecule has 0 bridgehead atoms. The van der Waals surface area contributed by atoms with E-state index in [-0.39, 0.29) is 5.92 Å². The lowest BCUT2D eigenvalue weighted by molar-refractivity contribution is 0.415. The Kier molecular flexibility index (Phi) is 3.15. The Hall–Kier alpha value is -1.25. The first-order valence-corrected chi connectivity index (χ1v) is 8.59. The summed E-state index contributed by atoms with van der Waals surface area (Å²) < 4.78 is 29.6. The normalized spacial score (nSPS) is 21.0. The van der Waals surface area contributed by atoms with Crippen LogP contribution in [0.15, 0.2) is 22.0 Å². The van der Waals surface area contributed by atoms with E-state index in [1.54, 1.807) is 0 Å². The lowest BCUT2D eigenvalue weighted by atomic mass is 10.1. The van der Waals surface area contributed by atoms with Crippen LogP contribution in [0.4, 0.5) is 0 Å². The molecular weight excluding hydrogens is 286 g/mol.